The van der Waals surface area contributed by atoms with Crippen LogP contribution >= 0.6 is 0 Å². The Balaban J connectivity index is 2.65. The predicted octanol–water partition coefficient (Wildman–Crippen LogP) is -0.495. The quantitative estimate of drug-likeness (QED) is 0.439. The molecule has 0 amide bonds. The minimum absolute atomic E-state index is 0.727. The summed E-state index contributed by atoms with van der Waals surface area (Å²) in [5.74, 6) is 0. The van der Waals surface area contributed by atoms with Crippen LogP contribution in [0.25, 0.3) is 0 Å². The molecule has 0 aliphatic carbocycles. The van der Waals surface area contributed by atoms with Gasteiger partial charge in [-0.25, -0.2) is 0 Å². The molecular formula is C3H2N6. The van der Waals surface area contributed by atoms with Crippen molar-refractivity contribution in [1.82, 2.24) is 10.4 Å². The highest BCUT2D eigenvalue weighted by Crippen LogP contribution is 2.00. The van der Waals surface area contributed by atoms with E-state index in [0.717, 1.165) is 5.01 Å². The number of nitrogens with zero attached hydrogens (tertiary/aromatic N) is 5. The van der Waals surface area contributed by atoms with Gasteiger partial charge >= 0.3 is 0 Å². The monoisotopic (exact) mass is 122 g/mol. The van der Waals surface area contributed by atoms with E-state index in [2.05, 4.69) is 15.9 Å². The third kappa shape index (κ3) is 0.728. The van der Waals surface area contributed by atoms with Crippen LogP contribution in [0.3, 0.4) is 0 Å². The van der Waals surface area contributed by atoms with Gasteiger partial charge in [0.05, 0.1) is 0 Å². The maximum absolute atomic E-state index is 8.24. The molecule has 44 valence electrons. The lowest BCUT2D eigenvalue weighted by Crippen LogP contribution is -2.29. The highest BCUT2D eigenvalue weighted by molar-refractivity contribution is 4.93. The molecule has 1 rings (SSSR count). The van der Waals surface area contributed by atoms with Crippen molar-refractivity contribution in [3.8, 4) is 12.3 Å². The Labute approximate surface area is 50.9 Å². The third-order valence-electron chi connectivity index (χ3n) is 0.790. The molecule has 0 spiro atoms. The van der Waals surface area contributed by atoms with Gasteiger partial charge in [0, 0.05) is 0 Å². The van der Waals surface area contributed by atoms with Crippen LogP contribution < -0.4 is 5.43 Å². The number of nitriles is 2. The van der Waals surface area contributed by atoms with Crippen LogP contribution in [0.5, 0.6) is 0 Å². The van der Waals surface area contributed by atoms with E-state index in [1.165, 1.54) is 0 Å². The van der Waals surface area contributed by atoms with Crippen LogP contribution in [0.1, 0.15) is 0 Å². The lowest BCUT2D eigenvalue weighted by molar-refractivity contribution is 0.376. The molecule has 9 heavy (non-hydrogen) atoms. The van der Waals surface area contributed by atoms with Crippen molar-refractivity contribution >= 4 is 0 Å². The van der Waals surface area contributed by atoms with Crippen molar-refractivity contribution in [3.63, 3.8) is 0 Å². The number of hydrogen-bond donors (Lipinski definition) is 1. The summed E-state index contributed by atoms with van der Waals surface area (Å²) in [7, 11) is 0. The van der Waals surface area contributed by atoms with E-state index < -0.39 is 6.17 Å². The fourth-order valence-electron chi connectivity index (χ4n) is 0.396. The summed E-state index contributed by atoms with van der Waals surface area (Å²) in [5.41, 5.74) is 2.31. The van der Waals surface area contributed by atoms with E-state index in [0.29, 0.717) is 0 Å². The minimum Gasteiger partial charge on any atom is -0.252 e. The SMILES string of the molecule is N#CC1NN=NN1C#N. The van der Waals surface area contributed by atoms with Gasteiger partial charge in [-0.15, -0.1) is 5.01 Å². The molecule has 0 fully saturated rings. The summed E-state index contributed by atoms with van der Waals surface area (Å²) in [5, 5.41) is 23.8. The molecule has 0 aromatic carbocycles. The summed E-state index contributed by atoms with van der Waals surface area (Å²) in [4.78, 5) is 0. The van der Waals surface area contributed by atoms with Crippen LogP contribution in [-0.2, 0) is 0 Å². The zero-order valence-electron chi connectivity index (χ0n) is 4.31. The molecule has 1 heterocycles. The zero-order chi connectivity index (χ0) is 6.69. The Morgan fingerprint density at radius 1 is 1.56 bits per heavy atom. The Bertz CT molecular complexity index is 205. The maximum Gasteiger partial charge on any atom is 0.237 e. The van der Waals surface area contributed by atoms with Crippen LogP contribution in [0.15, 0.2) is 10.4 Å². The Kier molecular flexibility index (Phi) is 1.16. The molecule has 0 aromatic rings. The van der Waals surface area contributed by atoms with Gasteiger partial charge in [-0.2, -0.15) is 10.5 Å². The molecule has 6 heteroatoms. The largest absolute Gasteiger partial charge is 0.252 e. The number of nitrogens with one attached hydrogen (secondary N) is 1. The summed E-state index contributed by atoms with van der Waals surface area (Å²) >= 11 is 0. The second kappa shape index (κ2) is 1.97. The fourth-order valence-corrected chi connectivity index (χ4v) is 0.396. The van der Waals surface area contributed by atoms with Crippen molar-refractivity contribution in [3.05, 3.63) is 0 Å². The van der Waals surface area contributed by atoms with Crippen LogP contribution in [0.4, 0.5) is 0 Å². The summed E-state index contributed by atoms with van der Waals surface area (Å²) in [6.45, 7) is 0. The zero-order valence-corrected chi connectivity index (χ0v) is 4.31. The standard InChI is InChI=1S/C3H2N6/c4-1-3-6-7-8-9(3)2-5/h3H,(H,6,8). The Morgan fingerprint density at radius 2 is 2.33 bits per heavy atom. The van der Waals surface area contributed by atoms with Crippen LogP contribution in [0, 0.1) is 22.8 Å². The average Bonchev–Trinajstić information content (AvgIpc) is 2.33. The highest BCUT2D eigenvalue weighted by Gasteiger charge is 2.19. The van der Waals surface area contributed by atoms with E-state index in [4.69, 9.17) is 10.5 Å². The molecular weight excluding hydrogens is 120 g/mol. The van der Waals surface area contributed by atoms with E-state index in [-0.39, 0.29) is 0 Å². The van der Waals surface area contributed by atoms with Crippen molar-refractivity contribution in [1.29, 1.82) is 10.5 Å². The van der Waals surface area contributed by atoms with Gasteiger partial charge in [-0.1, -0.05) is 5.22 Å². The van der Waals surface area contributed by atoms with Crippen molar-refractivity contribution in [2.24, 2.45) is 10.4 Å². The first-order valence-electron chi connectivity index (χ1n) is 2.13. The molecule has 0 radical (unpaired) electrons. The summed E-state index contributed by atoms with van der Waals surface area (Å²) in [6.07, 6.45) is 0.926. The molecule has 0 saturated carbocycles. The van der Waals surface area contributed by atoms with Gasteiger partial charge in [0.25, 0.3) is 0 Å². The second-order valence-corrected chi connectivity index (χ2v) is 1.29. The second-order valence-electron chi connectivity index (χ2n) is 1.29. The molecule has 6 nitrogen and oxygen atoms in total. The summed E-state index contributed by atoms with van der Waals surface area (Å²) < 4.78 is 0. The summed E-state index contributed by atoms with van der Waals surface area (Å²) in [6, 6.07) is 1.77. The van der Waals surface area contributed by atoms with Gasteiger partial charge < -0.3 is 0 Å². The van der Waals surface area contributed by atoms with E-state index in [1.807, 2.05) is 0 Å². The number of rotatable bonds is 0. The molecule has 0 aromatic heterocycles. The predicted molar refractivity (Wildman–Crippen MR) is 24.8 cm³/mol. The molecule has 1 unspecified atom stereocenters. The first-order valence-corrected chi connectivity index (χ1v) is 2.13. The Hall–Kier alpha value is -1.82. The van der Waals surface area contributed by atoms with E-state index >= 15 is 0 Å². The molecule has 1 aliphatic rings. The first-order chi connectivity index (χ1) is 4.38. The van der Waals surface area contributed by atoms with Crippen molar-refractivity contribution in [2.45, 2.75) is 6.17 Å². The molecule has 0 bridgehead atoms. The van der Waals surface area contributed by atoms with Crippen molar-refractivity contribution in [2.75, 3.05) is 0 Å². The molecule has 1 aliphatic heterocycles. The molecule has 1 N–H and O–H groups in total. The smallest absolute Gasteiger partial charge is 0.237 e. The lowest BCUT2D eigenvalue weighted by Gasteiger charge is -2.01. The van der Waals surface area contributed by atoms with Gasteiger partial charge in [-0.3, -0.25) is 5.43 Å². The fraction of sp³-hybridized carbons (Fsp3) is 0.333. The molecule has 1 atom stereocenters. The van der Waals surface area contributed by atoms with E-state index in [1.54, 1.807) is 12.3 Å². The molecule has 0 saturated heterocycles. The van der Waals surface area contributed by atoms with Crippen LogP contribution in [0.2, 0.25) is 0 Å². The van der Waals surface area contributed by atoms with E-state index in [9.17, 15) is 0 Å². The number of hydrogen-bond acceptors (Lipinski definition) is 6. The van der Waals surface area contributed by atoms with Crippen molar-refractivity contribution < 1.29 is 0 Å². The minimum atomic E-state index is -0.727. The Morgan fingerprint density at radius 3 is 2.78 bits per heavy atom. The van der Waals surface area contributed by atoms with Gasteiger partial charge in [0.1, 0.15) is 6.07 Å². The van der Waals surface area contributed by atoms with Gasteiger partial charge in [0.2, 0.25) is 12.4 Å². The first kappa shape index (κ1) is 5.32. The normalized spacial score (nSPS) is 22.4. The average molecular weight is 122 g/mol. The topological polar surface area (TPSA) is 87.6 Å². The lowest BCUT2D eigenvalue weighted by atomic mass is 10.6. The van der Waals surface area contributed by atoms with Gasteiger partial charge in [-0.05, 0) is 5.22 Å². The van der Waals surface area contributed by atoms with Gasteiger partial charge in [0.15, 0.2) is 0 Å². The highest BCUT2D eigenvalue weighted by atomic mass is 15.7. The van der Waals surface area contributed by atoms with Crippen LogP contribution in [-0.4, -0.2) is 11.2 Å². The third-order valence-corrected chi connectivity index (χ3v) is 0.790. The maximum atomic E-state index is 8.24.